The van der Waals surface area contributed by atoms with Crippen molar-refractivity contribution in [1.82, 2.24) is 19.5 Å². The maximum Gasteiger partial charge on any atom is 0.144 e. The number of imidazole rings is 1. The van der Waals surface area contributed by atoms with Gasteiger partial charge in [0.25, 0.3) is 0 Å². The van der Waals surface area contributed by atoms with Gasteiger partial charge in [-0.1, -0.05) is 231 Å². The number of hydrogen-bond donors (Lipinski definition) is 0. The van der Waals surface area contributed by atoms with Crippen molar-refractivity contribution in [2.75, 3.05) is 0 Å². The summed E-state index contributed by atoms with van der Waals surface area (Å²) in [5, 5.41) is 0. The van der Waals surface area contributed by atoms with Gasteiger partial charge in [-0.2, -0.15) is 0 Å². The summed E-state index contributed by atoms with van der Waals surface area (Å²) < 4.78 is 2.21. The molecule has 0 radical (unpaired) electrons. The van der Waals surface area contributed by atoms with Crippen molar-refractivity contribution in [3.63, 3.8) is 0 Å². The largest absolute Gasteiger partial charge is 0.299 e. The Bertz CT molecular complexity index is 4250. The smallest absolute Gasteiger partial charge is 0.144 e. The van der Waals surface area contributed by atoms with Gasteiger partial charge in [0.15, 0.2) is 0 Å². The highest BCUT2D eigenvalue weighted by Crippen LogP contribution is 2.43. The molecule has 10 aromatic carbocycles. The maximum absolute atomic E-state index is 5.13. The molecule has 4 heteroatoms. The van der Waals surface area contributed by atoms with E-state index in [1.165, 1.54) is 33.5 Å². The Morgan fingerprint density at radius 2 is 0.608 bits per heavy atom. The van der Waals surface area contributed by atoms with Gasteiger partial charge in [0, 0.05) is 52.6 Å². The quantitative estimate of drug-likeness (QED) is 0.122. The molecule has 0 aliphatic heterocycles. The third-order valence-corrected chi connectivity index (χ3v) is 15.1. The van der Waals surface area contributed by atoms with E-state index >= 15 is 0 Å². The van der Waals surface area contributed by atoms with E-state index in [0.29, 0.717) is 0 Å². The highest BCUT2D eigenvalue weighted by molar-refractivity contribution is 5.94. The fourth-order valence-corrected chi connectivity index (χ4v) is 11.1. The number of pyridine rings is 2. The minimum absolute atomic E-state index is 0.914. The number of aryl methyl sites for hydroxylation is 2. The summed E-state index contributed by atoms with van der Waals surface area (Å²) in [6.07, 6.45) is 7.98. The molecule has 0 aliphatic rings. The molecule has 0 spiro atoms. The molecular formula is C75H54N4. The van der Waals surface area contributed by atoms with Crippen LogP contribution in [-0.4, -0.2) is 19.5 Å². The summed E-state index contributed by atoms with van der Waals surface area (Å²) in [6, 6.07) is 95.6. The third kappa shape index (κ3) is 9.80. The molecule has 13 rings (SSSR count). The van der Waals surface area contributed by atoms with E-state index in [1.54, 1.807) is 0 Å². The average molecular weight is 1010 g/mol. The Labute approximate surface area is 462 Å². The Balaban J connectivity index is 0.886. The number of para-hydroxylation sites is 1. The van der Waals surface area contributed by atoms with Gasteiger partial charge in [-0.15, -0.1) is 0 Å². The molecule has 0 saturated carbocycles. The third-order valence-electron chi connectivity index (χ3n) is 15.1. The standard InChI is InChI=1S/C75H54N4/c1-51-17-15-18-52(2)74(51)79-44-43-76-75(79)58-37-35-56(36-38-58)66-25-9-12-28-69(66)63-46-64(70-29-13-10-26-67(70)61-39-41-72(77-49-61)57-21-7-4-8-22-57)48-65(47-63)71-30-14-11-27-68(71)62-40-42-73(78-50-62)60-24-16-23-59(45-60)55-33-31-54(32-34-55)53-19-5-3-6-20-53/h3-50H,1-2H3. The SMILES string of the molecule is Cc1cccc(C)c1-n1ccnc1-c1ccc(-c2ccccc2-c2cc(-c3ccccc3-c3ccc(-c4ccccc4)nc3)cc(-c3ccccc3-c3ccc(-c4cccc(-c5ccc(-c6ccccc6)cc5)c4)nc3)c2)cc1. The number of benzene rings is 10. The molecular weight excluding hydrogens is 957 g/mol. The van der Waals surface area contributed by atoms with Crippen molar-refractivity contribution in [2.45, 2.75) is 13.8 Å². The molecule has 13 aromatic rings. The highest BCUT2D eigenvalue weighted by Gasteiger charge is 2.18. The van der Waals surface area contributed by atoms with Crippen molar-refractivity contribution < 1.29 is 0 Å². The first kappa shape index (κ1) is 48.4. The molecule has 0 aliphatic carbocycles. The summed E-state index contributed by atoms with van der Waals surface area (Å²) in [6.45, 7) is 4.32. The number of hydrogen-bond acceptors (Lipinski definition) is 3. The summed E-state index contributed by atoms with van der Waals surface area (Å²) in [5.74, 6) is 0.914. The molecule has 374 valence electrons. The second-order valence-electron chi connectivity index (χ2n) is 20.1. The molecule has 0 saturated heterocycles. The van der Waals surface area contributed by atoms with Gasteiger partial charge >= 0.3 is 0 Å². The lowest BCUT2D eigenvalue weighted by Gasteiger charge is -2.18. The molecule has 3 aromatic heterocycles. The molecule has 0 amide bonds. The normalized spacial score (nSPS) is 11.2. The van der Waals surface area contributed by atoms with Gasteiger partial charge in [-0.25, -0.2) is 4.98 Å². The fourth-order valence-electron chi connectivity index (χ4n) is 11.1. The average Bonchev–Trinajstić information content (AvgIpc) is 4.09. The molecule has 3 heterocycles. The van der Waals surface area contributed by atoms with E-state index in [2.05, 4.69) is 285 Å². The Kier molecular flexibility index (Phi) is 13.1. The van der Waals surface area contributed by atoms with Gasteiger partial charge in [0.05, 0.1) is 17.1 Å². The van der Waals surface area contributed by atoms with E-state index in [9.17, 15) is 0 Å². The number of nitrogens with zero attached hydrogens (tertiary/aromatic N) is 4. The first-order valence-corrected chi connectivity index (χ1v) is 26.9. The minimum atomic E-state index is 0.914. The maximum atomic E-state index is 5.13. The molecule has 0 N–H and O–H groups in total. The summed E-state index contributed by atoms with van der Waals surface area (Å²) in [4.78, 5) is 15.0. The highest BCUT2D eigenvalue weighted by atomic mass is 15.1. The van der Waals surface area contributed by atoms with Gasteiger partial charge in [-0.05, 0) is 139 Å². The van der Waals surface area contributed by atoms with Crippen LogP contribution in [0.3, 0.4) is 0 Å². The zero-order valence-corrected chi connectivity index (χ0v) is 44.0. The Hall–Kier alpha value is -10.3. The van der Waals surface area contributed by atoms with Crippen LogP contribution in [0.4, 0.5) is 0 Å². The molecule has 79 heavy (non-hydrogen) atoms. The molecule has 0 fully saturated rings. The lowest BCUT2D eigenvalue weighted by atomic mass is 9.86. The second kappa shape index (κ2) is 21.4. The Morgan fingerprint density at radius 3 is 1.11 bits per heavy atom. The van der Waals surface area contributed by atoms with Crippen LogP contribution >= 0.6 is 0 Å². The van der Waals surface area contributed by atoms with Crippen molar-refractivity contribution in [2.24, 2.45) is 0 Å². The molecule has 0 bridgehead atoms. The minimum Gasteiger partial charge on any atom is -0.299 e. The van der Waals surface area contributed by atoms with Gasteiger partial charge in [0.2, 0.25) is 0 Å². The van der Waals surface area contributed by atoms with Crippen LogP contribution in [0, 0.1) is 13.8 Å². The van der Waals surface area contributed by atoms with Crippen LogP contribution < -0.4 is 0 Å². The van der Waals surface area contributed by atoms with Crippen LogP contribution in [-0.2, 0) is 0 Å². The van der Waals surface area contributed by atoms with Crippen molar-refractivity contribution >= 4 is 0 Å². The van der Waals surface area contributed by atoms with Crippen LogP contribution in [0.1, 0.15) is 11.1 Å². The van der Waals surface area contributed by atoms with E-state index in [-0.39, 0.29) is 0 Å². The van der Waals surface area contributed by atoms with Crippen LogP contribution in [0.25, 0.3) is 129 Å². The predicted molar refractivity (Wildman–Crippen MR) is 328 cm³/mol. The lowest BCUT2D eigenvalue weighted by molar-refractivity contribution is 1.03. The van der Waals surface area contributed by atoms with E-state index in [0.717, 1.165) is 106 Å². The predicted octanol–water partition coefficient (Wildman–Crippen LogP) is 19.6. The summed E-state index contributed by atoms with van der Waals surface area (Å²) >= 11 is 0. The van der Waals surface area contributed by atoms with Crippen LogP contribution in [0.15, 0.2) is 292 Å². The number of aromatic nitrogens is 4. The lowest BCUT2D eigenvalue weighted by Crippen LogP contribution is -2.01. The molecule has 0 atom stereocenters. The molecule has 0 unspecified atom stereocenters. The van der Waals surface area contributed by atoms with Gasteiger partial charge in [0.1, 0.15) is 5.82 Å². The van der Waals surface area contributed by atoms with E-state index in [4.69, 9.17) is 15.0 Å². The van der Waals surface area contributed by atoms with Gasteiger partial charge < -0.3 is 0 Å². The van der Waals surface area contributed by atoms with Crippen molar-refractivity contribution in [1.29, 1.82) is 0 Å². The fraction of sp³-hybridized carbons (Fsp3) is 0.0267. The first-order valence-electron chi connectivity index (χ1n) is 26.9. The number of rotatable bonds is 12. The van der Waals surface area contributed by atoms with Gasteiger partial charge in [-0.3, -0.25) is 14.5 Å². The zero-order valence-electron chi connectivity index (χ0n) is 44.0. The van der Waals surface area contributed by atoms with E-state index in [1.807, 2.05) is 24.7 Å². The first-order chi connectivity index (χ1) is 39.0. The van der Waals surface area contributed by atoms with Crippen LogP contribution in [0.2, 0.25) is 0 Å². The van der Waals surface area contributed by atoms with Crippen molar-refractivity contribution in [3.05, 3.63) is 303 Å². The van der Waals surface area contributed by atoms with E-state index < -0.39 is 0 Å². The monoisotopic (exact) mass is 1010 g/mol. The Morgan fingerprint density at radius 1 is 0.253 bits per heavy atom. The molecule has 4 nitrogen and oxygen atoms in total. The van der Waals surface area contributed by atoms with Crippen molar-refractivity contribution in [3.8, 4) is 129 Å². The summed E-state index contributed by atoms with van der Waals surface area (Å²) in [5.41, 5.74) is 26.7. The summed E-state index contributed by atoms with van der Waals surface area (Å²) in [7, 11) is 0. The zero-order chi connectivity index (χ0) is 53.1. The second-order valence-corrected chi connectivity index (χ2v) is 20.1. The topological polar surface area (TPSA) is 43.6 Å². The van der Waals surface area contributed by atoms with Crippen LogP contribution in [0.5, 0.6) is 0 Å².